The molecule has 0 aliphatic heterocycles. The van der Waals surface area contributed by atoms with E-state index in [9.17, 15) is 0 Å². The predicted molar refractivity (Wildman–Crippen MR) is 83.2 cm³/mol. The summed E-state index contributed by atoms with van der Waals surface area (Å²) >= 11 is 7.20. The molecular weight excluding hydrogens is 271 g/mol. The van der Waals surface area contributed by atoms with Gasteiger partial charge in [0.1, 0.15) is 0 Å². The van der Waals surface area contributed by atoms with E-state index in [1.807, 2.05) is 27.7 Å². The van der Waals surface area contributed by atoms with Crippen LogP contribution in [0.4, 0.5) is 0 Å². The minimum absolute atomic E-state index is 0.113. The molecule has 5 heteroatoms. The zero-order valence-corrected chi connectivity index (χ0v) is 14.3. The predicted octanol–water partition coefficient (Wildman–Crippen LogP) is 5.15. The van der Waals surface area contributed by atoms with Crippen LogP contribution in [0.15, 0.2) is 11.6 Å². The second-order valence-corrected chi connectivity index (χ2v) is 10.7. The molecule has 0 aromatic rings. The van der Waals surface area contributed by atoms with Crippen molar-refractivity contribution in [3.05, 3.63) is 11.6 Å². The van der Waals surface area contributed by atoms with Gasteiger partial charge in [0.25, 0.3) is 0 Å². The van der Waals surface area contributed by atoms with Crippen LogP contribution in [0, 0.1) is 0 Å². The zero-order chi connectivity index (χ0) is 13.5. The SMILES string of the molecule is CCC=C(C)CSP(=S)(OC(C)C)OC(C)C. The van der Waals surface area contributed by atoms with Crippen LogP contribution in [-0.2, 0) is 20.9 Å². The molecule has 0 bridgehead atoms. The summed E-state index contributed by atoms with van der Waals surface area (Å²) in [7, 11) is 0. The summed E-state index contributed by atoms with van der Waals surface area (Å²) in [6, 6.07) is 0. The van der Waals surface area contributed by atoms with Gasteiger partial charge in [0.2, 0.25) is 5.69 Å². The molecule has 0 N–H and O–H groups in total. The Morgan fingerprint density at radius 2 is 1.71 bits per heavy atom. The third kappa shape index (κ3) is 9.26. The average molecular weight is 296 g/mol. The Balaban J connectivity index is 4.49. The lowest BCUT2D eigenvalue weighted by atomic mass is 10.3. The van der Waals surface area contributed by atoms with Crippen molar-refractivity contribution in [3.63, 3.8) is 0 Å². The molecule has 0 spiro atoms. The van der Waals surface area contributed by atoms with Crippen molar-refractivity contribution in [1.82, 2.24) is 0 Å². The first-order chi connectivity index (χ1) is 7.79. The molecular formula is C12H25O2PS2. The van der Waals surface area contributed by atoms with Crippen LogP contribution in [-0.4, -0.2) is 18.0 Å². The maximum Gasteiger partial charge on any atom is 0.248 e. The monoisotopic (exact) mass is 296 g/mol. The number of allylic oxidation sites excluding steroid dienone is 1. The van der Waals surface area contributed by atoms with Gasteiger partial charge in [-0.2, -0.15) is 0 Å². The van der Waals surface area contributed by atoms with Gasteiger partial charge in [0, 0.05) is 5.75 Å². The molecule has 0 aromatic heterocycles. The number of hydrogen-bond donors (Lipinski definition) is 0. The lowest BCUT2D eigenvalue weighted by Gasteiger charge is -2.25. The highest BCUT2D eigenvalue weighted by molar-refractivity contribution is 8.68. The molecule has 0 atom stereocenters. The summed E-state index contributed by atoms with van der Waals surface area (Å²) in [4.78, 5) is 0. The van der Waals surface area contributed by atoms with Crippen LogP contribution < -0.4 is 0 Å². The lowest BCUT2D eigenvalue weighted by Crippen LogP contribution is -2.06. The smallest absolute Gasteiger partial charge is 0.248 e. The molecule has 102 valence electrons. The lowest BCUT2D eigenvalue weighted by molar-refractivity contribution is 0.186. The van der Waals surface area contributed by atoms with Crippen molar-refractivity contribution in [3.8, 4) is 0 Å². The van der Waals surface area contributed by atoms with E-state index in [1.165, 1.54) is 5.57 Å². The standard InChI is InChI=1S/C12H25O2PS2/c1-7-8-12(6)9-17-15(16,13-10(2)3)14-11(4)5/h8,10-11H,7,9H2,1-6H3. The molecule has 0 aromatic carbocycles. The van der Waals surface area contributed by atoms with E-state index in [0.29, 0.717) is 0 Å². The average Bonchev–Trinajstić information content (AvgIpc) is 2.12. The summed E-state index contributed by atoms with van der Waals surface area (Å²) < 4.78 is 11.6. The van der Waals surface area contributed by atoms with Gasteiger partial charge in [0.15, 0.2) is 0 Å². The van der Waals surface area contributed by atoms with E-state index in [-0.39, 0.29) is 12.2 Å². The number of rotatable bonds is 8. The Hall–Kier alpha value is 0.660. The van der Waals surface area contributed by atoms with Crippen LogP contribution in [0.25, 0.3) is 0 Å². The molecule has 0 amide bonds. The second-order valence-electron chi connectivity index (χ2n) is 4.49. The third-order valence-corrected chi connectivity index (χ3v) is 7.26. The summed E-state index contributed by atoms with van der Waals surface area (Å²) in [6.07, 6.45) is 3.51. The van der Waals surface area contributed by atoms with Crippen LogP contribution in [0.1, 0.15) is 48.0 Å². The van der Waals surface area contributed by atoms with Crippen molar-refractivity contribution in [1.29, 1.82) is 0 Å². The van der Waals surface area contributed by atoms with E-state index in [2.05, 4.69) is 19.9 Å². The molecule has 2 nitrogen and oxygen atoms in total. The summed E-state index contributed by atoms with van der Waals surface area (Å²) in [5.41, 5.74) is -0.861. The van der Waals surface area contributed by atoms with Crippen molar-refractivity contribution in [2.24, 2.45) is 0 Å². The highest BCUT2D eigenvalue weighted by Crippen LogP contribution is 2.62. The Bertz CT molecular complexity index is 274. The van der Waals surface area contributed by atoms with Crippen molar-refractivity contribution in [2.45, 2.75) is 60.2 Å². The fourth-order valence-electron chi connectivity index (χ4n) is 1.19. The number of hydrogen-bond acceptors (Lipinski definition) is 4. The minimum Gasteiger partial charge on any atom is -0.319 e. The molecule has 0 saturated carbocycles. The van der Waals surface area contributed by atoms with Crippen molar-refractivity contribution >= 4 is 28.9 Å². The van der Waals surface area contributed by atoms with E-state index >= 15 is 0 Å². The molecule has 0 aliphatic rings. The first kappa shape index (κ1) is 17.7. The van der Waals surface area contributed by atoms with Crippen molar-refractivity contribution < 1.29 is 9.05 Å². The molecule has 0 fully saturated rings. The van der Waals surface area contributed by atoms with Crippen LogP contribution in [0.3, 0.4) is 0 Å². The molecule has 0 saturated heterocycles. The van der Waals surface area contributed by atoms with E-state index in [1.54, 1.807) is 11.4 Å². The summed E-state index contributed by atoms with van der Waals surface area (Å²) in [5, 5.41) is 0. The van der Waals surface area contributed by atoms with E-state index in [4.69, 9.17) is 20.9 Å². The Labute approximate surface area is 115 Å². The minimum atomic E-state index is -2.20. The molecule has 0 radical (unpaired) electrons. The first-order valence-electron chi connectivity index (χ1n) is 6.06. The highest BCUT2D eigenvalue weighted by Gasteiger charge is 2.23. The van der Waals surface area contributed by atoms with E-state index in [0.717, 1.165) is 12.2 Å². The van der Waals surface area contributed by atoms with Gasteiger partial charge in [-0.25, -0.2) is 0 Å². The molecule has 0 heterocycles. The highest BCUT2D eigenvalue weighted by atomic mass is 32.9. The van der Waals surface area contributed by atoms with Gasteiger partial charge in [0.05, 0.1) is 12.2 Å². The van der Waals surface area contributed by atoms with Gasteiger partial charge >= 0.3 is 0 Å². The Morgan fingerprint density at radius 1 is 1.24 bits per heavy atom. The normalized spacial score (nSPS) is 13.8. The topological polar surface area (TPSA) is 18.5 Å². The molecule has 0 rings (SSSR count). The molecule has 17 heavy (non-hydrogen) atoms. The van der Waals surface area contributed by atoms with Crippen LogP contribution in [0.2, 0.25) is 0 Å². The van der Waals surface area contributed by atoms with Crippen LogP contribution >= 0.6 is 17.1 Å². The third-order valence-electron chi connectivity index (χ3n) is 1.68. The van der Waals surface area contributed by atoms with Gasteiger partial charge < -0.3 is 9.05 Å². The fourth-order valence-corrected chi connectivity index (χ4v) is 6.86. The molecule has 0 unspecified atom stereocenters. The fraction of sp³-hybridized carbons (Fsp3) is 0.833. The maximum atomic E-state index is 5.82. The first-order valence-corrected chi connectivity index (χ1v) is 10.3. The maximum absolute atomic E-state index is 5.82. The Kier molecular flexibility index (Phi) is 9.05. The zero-order valence-electron chi connectivity index (χ0n) is 11.7. The van der Waals surface area contributed by atoms with Gasteiger partial charge in [-0.1, -0.05) is 30.0 Å². The largest absolute Gasteiger partial charge is 0.319 e. The van der Waals surface area contributed by atoms with Crippen molar-refractivity contribution in [2.75, 3.05) is 5.75 Å². The Morgan fingerprint density at radius 3 is 2.06 bits per heavy atom. The van der Waals surface area contributed by atoms with E-state index < -0.39 is 5.69 Å². The van der Waals surface area contributed by atoms with Gasteiger partial charge in [-0.3, -0.25) is 0 Å². The van der Waals surface area contributed by atoms with Gasteiger partial charge in [-0.05, 0) is 52.8 Å². The molecule has 0 aliphatic carbocycles. The second kappa shape index (κ2) is 8.71. The van der Waals surface area contributed by atoms with Gasteiger partial charge in [-0.15, -0.1) is 0 Å². The summed E-state index contributed by atoms with van der Waals surface area (Å²) in [6.45, 7) is 12.3. The van der Waals surface area contributed by atoms with Crippen LogP contribution in [0.5, 0.6) is 0 Å². The quantitative estimate of drug-likeness (QED) is 0.455. The summed E-state index contributed by atoms with van der Waals surface area (Å²) in [5.74, 6) is 0.893.